The van der Waals surface area contributed by atoms with Gasteiger partial charge < -0.3 is 10.6 Å². The summed E-state index contributed by atoms with van der Waals surface area (Å²) in [6.07, 6.45) is 0. The first-order chi connectivity index (χ1) is 7.52. The molecule has 0 unspecified atom stereocenters. The van der Waals surface area contributed by atoms with Gasteiger partial charge in [-0.1, -0.05) is 0 Å². The average molecular weight is 239 g/mol. The Morgan fingerprint density at radius 3 is 2.75 bits per heavy atom. The zero-order chi connectivity index (χ0) is 12.1. The van der Waals surface area contributed by atoms with Crippen LogP contribution >= 0.6 is 11.3 Å². The van der Waals surface area contributed by atoms with E-state index in [1.165, 1.54) is 9.75 Å². The number of thiophene rings is 1. The summed E-state index contributed by atoms with van der Waals surface area (Å²) in [4.78, 5) is 8.52. The molecule has 0 aliphatic carbocycles. The summed E-state index contributed by atoms with van der Waals surface area (Å²) < 4.78 is 0. The van der Waals surface area contributed by atoms with Crippen LogP contribution in [0.25, 0.3) is 0 Å². The Hall–Kier alpha value is -1.56. The molecule has 1 rings (SSSR count). The van der Waals surface area contributed by atoms with Crippen molar-refractivity contribution in [2.75, 3.05) is 14.1 Å². The van der Waals surface area contributed by atoms with Crippen LogP contribution in [0, 0.1) is 12.3 Å². The summed E-state index contributed by atoms with van der Waals surface area (Å²) in [7, 11) is 3.58. The minimum Gasteiger partial charge on any atom is -0.370 e. The van der Waals surface area contributed by atoms with Crippen LogP contribution in [-0.2, 0) is 6.54 Å². The van der Waals surface area contributed by atoms with Gasteiger partial charge in [-0.25, -0.2) is 0 Å². The molecule has 0 bridgehead atoms. The van der Waals surface area contributed by atoms with Gasteiger partial charge in [0.1, 0.15) is 0 Å². The average Bonchev–Trinajstić information content (AvgIpc) is 2.60. The van der Waals surface area contributed by atoms with Crippen molar-refractivity contribution in [3.8, 4) is 0 Å². The third-order valence-corrected chi connectivity index (χ3v) is 2.99. The monoisotopic (exact) mass is 239 g/mol. The number of aryl methyl sites for hydroxylation is 1. The molecule has 88 valence electrons. The highest BCUT2D eigenvalue weighted by Gasteiger charge is 2.08. The SMILES string of the molecule is C/N=C(\NC(=N)N)N(C)Cc1ccc(C)s1. The van der Waals surface area contributed by atoms with Gasteiger partial charge in [-0.3, -0.25) is 15.7 Å². The molecule has 1 aromatic heterocycles. The van der Waals surface area contributed by atoms with Crippen molar-refractivity contribution in [3.05, 3.63) is 21.9 Å². The minimum absolute atomic E-state index is 0.102. The van der Waals surface area contributed by atoms with Gasteiger partial charge in [0.2, 0.25) is 5.96 Å². The summed E-state index contributed by atoms with van der Waals surface area (Å²) in [6, 6.07) is 4.19. The van der Waals surface area contributed by atoms with E-state index in [9.17, 15) is 0 Å². The molecule has 0 amide bonds. The van der Waals surface area contributed by atoms with Crippen LogP contribution in [0.2, 0.25) is 0 Å². The fourth-order valence-corrected chi connectivity index (χ4v) is 2.27. The van der Waals surface area contributed by atoms with Gasteiger partial charge in [0.25, 0.3) is 0 Å². The molecule has 0 fully saturated rings. The van der Waals surface area contributed by atoms with E-state index in [0.29, 0.717) is 5.96 Å². The zero-order valence-electron chi connectivity index (χ0n) is 9.74. The summed E-state index contributed by atoms with van der Waals surface area (Å²) in [5.74, 6) is 0.494. The number of guanidine groups is 2. The number of aliphatic imine (C=N–C) groups is 1. The van der Waals surface area contributed by atoms with Gasteiger partial charge in [0.15, 0.2) is 5.96 Å². The summed E-state index contributed by atoms with van der Waals surface area (Å²) in [6.45, 7) is 2.84. The lowest BCUT2D eigenvalue weighted by molar-refractivity contribution is 0.492. The van der Waals surface area contributed by atoms with Crippen molar-refractivity contribution in [1.82, 2.24) is 10.2 Å². The number of nitrogens with zero attached hydrogens (tertiary/aromatic N) is 2. The predicted molar refractivity (Wildman–Crippen MR) is 68.9 cm³/mol. The predicted octanol–water partition coefficient (Wildman–Crippen LogP) is 0.957. The highest BCUT2D eigenvalue weighted by atomic mass is 32.1. The van der Waals surface area contributed by atoms with E-state index >= 15 is 0 Å². The molecule has 0 aliphatic rings. The topological polar surface area (TPSA) is 77.5 Å². The highest BCUT2D eigenvalue weighted by Crippen LogP contribution is 2.16. The van der Waals surface area contributed by atoms with Crippen LogP contribution in [0.15, 0.2) is 17.1 Å². The van der Waals surface area contributed by atoms with Gasteiger partial charge >= 0.3 is 0 Å². The van der Waals surface area contributed by atoms with Gasteiger partial charge in [-0.05, 0) is 19.1 Å². The van der Waals surface area contributed by atoms with Gasteiger partial charge in [0.05, 0.1) is 6.54 Å². The van der Waals surface area contributed by atoms with Gasteiger partial charge in [-0.15, -0.1) is 11.3 Å². The van der Waals surface area contributed by atoms with E-state index in [1.54, 1.807) is 18.4 Å². The quantitative estimate of drug-likeness (QED) is 0.531. The van der Waals surface area contributed by atoms with Crippen LogP contribution in [0.3, 0.4) is 0 Å². The second-order valence-electron chi connectivity index (χ2n) is 3.45. The molecular formula is C10H17N5S. The fraction of sp³-hybridized carbons (Fsp3) is 0.400. The fourth-order valence-electron chi connectivity index (χ4n) is 1.32. The Labute approximate surface area is 99.5 Å². The molecule has 0 saturated carbocycles. The second kappa shape index (κ2) is 5.50. The number of rotatable bonds is 2. The van der Waals surface area contributed by atoms with Crippen molar-refractivity contribution in [2.45, 2.75) is 13.5 Å². The molecular weight excluding hydrogens is 222 g/mol. The summed E-state index contributed by atoms with van der Waals surface area (Å²) in [5.41, 5.74) is 5.27. The van der Waals surface area contributed by atoms with Crippen molar-refractivity contribution in [2.24, 2.45) is 10.7 Å². The molecule has 1 aromatic rings. The van der Waals surface area contributed by atoms with Crippen molar-refractivity contribution in [3.63, 3.8) is 0 Å². The van der Waals surface area contributed by atoms with Crippen LogP contribution in [0.5, 0.6) is 0 Å². The molecule has 0 radical (unpaired) electrons. The number of nitrogens with one attached hydrogen (secondary N) is 2. The maximum atomic E-state index is 7.17. The largest absolute Gasteiger partial charge is 0.370 e. The van der Waals surface area contributed by atoms with Crippen LogP contribution < -0.4 is 11.1 Å². The molecule has 1 heterocycles. The smallest absolute Gasteiger partial charge is 0.200 e. The first-order valence-corrected chi connectivity index (χ1v) is 5.69. The first-order valence-electron chi connectivity index (χ1n) is 4.87. The Kier molecular flexibility index (Phi) is 4.30. The normalized spacial score (nSPS) is 11.3. The maximum absolute atomic E-state index is 7.17. The lowest BCUT2D eigenvalue weighted by Gasteiger charge is -2.20. The third-order valence-electron chi connectivity index (χ3n) is 2.01. The Balaban J connectivity index is 2.63. The van der Waals surface area contributed by atoms with Crippen LogP contribution in [0.1, 0.15) is 9.75 Å². The number of nitrogens with two attached hydrogens (primary N) is 1. The van der Waals surface area contributed by atoms with Gasteiger partial charge in [0, 0.05) is 23.8 Å². The second-order valence-corrected chi connectivity index (χ2v) is 4.83. The molecule has 16 heavy (non-hydrogen) atoms. The molecule has 0 spiro atoms. The Morgan fingerprint density at radius 1 is 1.62 bits per heavy atom. The molecule has 0 aromatic carbocycles. The van der Waals surface area contributed by atoms with Crippen molar-refractivity contribution >= 4 is 23.3 Å². The summed E-state index contributed by atoms with van der Waals surface area (Å²) in [5, 5.41) is 9.87. The standard InChI is InChI=1S/C10H17N5S/c1-7-4-5-8(16-7)6-15(3)10(13-2)14-9(11)12/h4-5H,6H2,1-3H3,(H4,11,12,13,14). The van der Waals surface area contributed by atoms with Crippen molar-refractivity contribution < 1.29 is 0 Å². The zero-order valence-corrected chi connectivity index (χ0v) is 10.6. The molecule has 0 aliphatic heterocycles. The highest BCUT2D eigenvalue weighted by molar-refractivity contribution is 7.11. The van der Waals surface area contributed by atoms with E-state index in [4.69, 9.17) is 11.1 Å². The number of hydrogen-bond donors (Lipinski definition) is 3. The van der Waals surface area contributed by atoms with Crippen LogP contribution in [-0.4, -0.2) is 30.9 Å². The Morgan fingerprint density at radius 2 is 2.31 bits per heavy atom. The molecule has 0 atom stereocenters. The molecule has 5 nitrogen and oxygen atoms in total. The van der Waals surface area contributed by atoms with Gasteiger partial charge in [-0.2, -0.15) is 0 Å². The van der Waals surface area contributed by atoms with E-state index < -0.39 is 0 Å². The van der Waals surface area contributed by atoms with E-state index in [-0.39, 0.29) is 5.96 Å². The summed E-state index contributed by atoms with van der Waals surface area (Å²) >= 11 is 1.75. The molecule has 0 saturated heterocycles. The maximum Gasteiger partial charge on any atom is 0.200 e. The first kappa shape index (κ1) is 12.5. The number of hydrogen-bond acceptors (Lipinski definition) is 3. The van der Waals surface area contributed by atoms with Crippen LogP contribution in [0.4, 0.5) is 0 Å². The minimum atomic E-state index is -0.102. The lowest BCUT2D eigenvalue weighted by atomic mass is 10.4. The molecule has 6 heteroatoms. The van der Waals surface area contributed by atoms with E-state index in [1.807, 2.05) is 11.9 Å². The Bertz CT molecular complexity index is 396. The lowest BCUT2D eigenvalue weighted by Crippen LogP contribution is -2.44. The third kappa shape index (κ3) is 3.54. The van der Waals surface area contributed by atoms with E-state index in [0.717, 1.165) is 6.54 Å². The molecule has 4 N–H and O–H groups in total. The van der Waals surface area contributed by atoms with Crippen molar-refractivity contribution in [1.29, 1.82) is 5.41 Å². The van der Waals surface area contributed by atoms with E-state index in [2.05, 4.69) is 29.4 Å².